The minimum atomic E-state index is -0.321. The first-order valence-corrected chi connectivity index (χ1v) is 7.61. The minimum absolute atomic E-state index is 0.114. The number of hydrogen-bond acceptors (Lipinski definition) is 3. The van der Waals surface area contributed by atoms with Crippen molar-refractivity contribution >= 4 is 11.9 Å². The Bertz CT molecular complexity index is 506. The number of benzene rings is 1. The lowest BCUT2D eigenvalue weighted by atomic mass is 10.1. The number of likely N-dealkylation sites (N-methyl/N-ethyl adjacent to an activating group) is 1. The van der Waals surface area contributed by atoms with Crippen LogP contribution in [-0.4, -0.2) is 55.0 Å². The summed E-state index contributed by atoms with van der Waals surface area (Å²) in [6.45, 7) is 3.23. The van der Waals surface area contributed by atoms with E-state index in [1.54, 1.807) is 4.90 Å². The molecule has 0 saturated carbocycles. The molecule has 1 saturated heterocycles. The van der Waals surface area contributed by atoms with E-state index >= 15 is 0 Å². The maximum absolute atomic E-state index is 12.0. The molecule has 2 rings (SSSR count). The Morgan fingerprint density at radius 3 is 2.73 bits per heavy atom. The summed E-state index contributed by atoms with van der Waals surface area (Å²) in [5.41, 5.74) is 6.52. The van der Waals surface area contributed by atoms with E-state index in [4.69, 9.17) is 5.73 Å². The van der Waals surface area contributed by atoms with Crippen LogP contribution < -0.4 is 11.1 Å². The normalized spacial score (nSPS) is 17.7. The molecule has 1 aromatic rings. The highest BCUT2D eigenvalue weighted by Crippen LogP contribution is 2.15. The molecule has 6 heteroatoms. The van der Waals surface area contributed by atoms with E-state index in [-0.39, 0.29) is 17.9 Å². The third-order valence-electron chi connectivity index (χ3n) is 3.94. The van der Waals surface area contributed by atoms with Gasteiger partial charge in [0.1, 0.15) is 0 Å². The monoisotopic (exact) mass is 304 g/mol. The van der Waals surface area contributed by atoms with Crippen LogP contribution >= 0.6 is 0 Å². The Kier molecular flexibility index (Phi) is 5.77. The van der Waals surface area contributed by atoms with E-state index in [0.29, 0.717) is 26.1 Å². The van der Waals surface area contributed by atoms with E-state index in [1.165, 1.54) is 5.56 Å². The molecule has 1 atom stereocenters. The maximum Gasteiger partial charge on any atom is 0.317 e. The van der Waals surface area contributed by atoms with Crippen LogP contribution in [0.25, 0.3) is 0 Å². The Labute approximate surface area is 131 Å². The van der Waals surface area contributed by atoms with Crippen molar-refractivity contribution in [3.8, 4) is 0 Å². The number of nitrogens with one attached hydrogen (secondary N) is 1. The second kappa shape index (κ2) is 7.79. The fourth-order valence-electron chi connectivity index (χ4n) is 2.62. The Morgan fingerprint density at radius 1 is 1.36 bits per heavy atom. The lowest BCUT2D eigenvalue weighted by Crippen LogP contribution is -2.42. The number of likely N-dealkylation sites (tertiary alicyclic amines) is 1. The summed E-state index contributed by atoms with van der Waals surface area (Å²) in [5.74, 6) is -0.524. The summed E-state index contributed by atoms with van der Waals surface area (Å²) in [5, 5.41) is 2.89. The van der Waals surface area contributed by atoms with E-state index in [2.05, 4.69) is 22.3 Å². The molecule has 120 valence electrons. The lowest BCUT2D eigenvalue weighted by Gasteiger charge is -2.20. The molecule has 1 aliphatic rings. The number of nitrogens with zero attached hydrogens (tertiary/aromatic N) is 2. The van der Waals surface area contributed by atoms with Gasteiger partial charge in [-0.1, -0.05) is 30.3 Å². The molecule has 3 N–H and O–H groups in total. The van der Waals surface area contributed by atoms with Gasteiger partial charge in [0.15, 0.2) is 0 Å². The van der Waals surface area contributed by atoms with Gasteiger partial charge in [0.05, 0.1) is 5.92 Å². The van der Waals surface area contributed by atoms with Crippen LogP contribution in [0, 0.1) is 5.92 Å². The zero-order valence-corrected chi connectivity index (χ0v) is 13.0. The fourth-order valence-corrected chi connectivity index (χ4v) is 2.62. The van der Waals surface area contributed by atoms with Gasteiger partial charge < -0.3 is 20.9 Å². The average molecular weight is 304 g/mol. The van der Waals surface area contributed by atoms with Crippen molar-refractivity contribution in [1.29, 1.82) is 0 Å². The molecule has 0 aromatic heterocycles. The third-order valence-corrected chi connectivity index (χ3v) is 3.94. The lowest BCUT2D eigenvalue weighted by molar-refractivity contribution is -0.121. The average Bonchev–Trinajstić information content (AvgIpc) is 2.98. The highest BCUT2D eigenvalue weighted by atomic mass is 16.2. The first-order valence-electron chi connectivity index (χ1n) is 7.61. The standard InChI is InChI=1S/C16H24N4O2/c1-19(11-13-5-3-2-4-6-13)10-8-18-16(22)20-9-7-14(12-20)15(17)21/h2-6,14H,7-12H2,1H3,(H2,17,21)(H,18,22)/t14-/m0/s1. The number of amides is 3. The van der Waals surface area contributed by atoms with Crippen LogP contribution in [0.15, 0.2) is 30.3 Å². The number of hydrogen-bond donors (Lipinski definition) is 2. The van der Waals surface area contributed by atoms with Crippen LogP contribution in [0.4, 0.5) is 4.79 Å². The van der Waals surface area contributed by atoms with Crippen molar-refractivity contribution in [3.63, 3.8) is 0 Å². The predicted octanol–water partition coefficient (Wildman–Crippen LogP) is 0.635. The molecule has 1 aromatic carbocycles. The number of rotatable bonds is 6. The number of carbonyl (C=O) groups is 2. The van der Waals surface area contributed by atoms with Gasteiger partial charge in [0, 0.05) is 32.7 Å². The Morgan fingerprint density at radius 2 is 2.09 bits per heavy atom. The zero-order valence-electron chi connectivity index (χ0n) is 13.0. The number of primary amides is 1. The molecule has 1 fully saturated rings. The van der Waals surface area contributed by atoms with Gasteiger partial charge in [-0.3, -0.25) is 4.79 Å². The summed E-state index contributed by atoms with van der Waals surface area (Å²) in [6.07, 6.45) is 0.663. The van der Waals surface area contributed by atoms with E-state index < -0.39 is 0 Å². The van der Waals surface area contributed by atoms with E-state index in [9.17, 15) is 9.59 Å². The van der Waals surface area contributed by atoms with Crippen LogP contribution in [-0.2, 0) is 11.3 Å². The second-order valence-electron chi connectivity index (χ2n) is 5.79. The minimum Gasteiger partial charge on any atom is -0.369 e. The first-order chi connectivity index (χ1) is 10.6. The number of carbonyl (C=O) groups excluding carboxylic acids is 2. The van der Waals surface area contributed by atoms with Crippen LogP contribution in [0.1, 0.15) is 12.0 Å². The van der Waals surface area contributed by atoms with Gasteiger partial charge in [0.2, 0.25) is 5.91 Å². The van der Waals surface area contributed by atoms with E-state index in [1.807, 2.05) is 25.2 Å². The van der Waals surface area contributed by atoms with Crippen molar-refractivity contribution in [2.24, 2.45) is 11.7 Å². The van der Waals surface area contributed by atoms with Gasteiger partial charge in [-0.2, -0.15) is 0 Å². The SMILES string of the molecule is CN(CCNC(=O)N1CC[C@H](C(N)=O)C1)Cc1ccccc1. The summed E-state index contributed by atoms with van der Waals surface area (Å²) in [4.78, 5) is 26.9. The Balaban J connectivity index is 1.66. The smallest absolute Gasteiger partial charge is 0.317 e. The zero-order chi connectivity index (χ0) is 15.9. The summed E-state index contributed by atoms with van der Waals surface area (Å²) >= 11 is 0. The molecule has 0 radical (unpaired) electrons. The van der Waals surface area contributed by atoms with Crippen molar-refractivity contribution in [1.82, 2.24) is 15.1 Å². The molecule has 0 bridgehead atoms. The fraction of sp³-hybridized carbons (Fsp3) is 0.500. The van der Waals surface area contributed by atoms with Crippen LogP contribution in [0.2, 0.25) is 0 Å². The van der Waals surface area contributed by atoms with Crippen LogP contribution in [0.5, 0.6) is 0 Å². The van der Waals surface area contributed by atoms with Gasteiger partial charge in [-0.25, -0.2) is 4.79 Å². The quantitative estimate of drug-likeness (QED) is 0.809. The van der Waals surface area contributed by atoms with Gasteiger partial charge in [-0.15, -0.1) is 0 Å². The molecule has 1 heterocycles. The third kappa shape index (κ3) is 4.73. The van der Waals surface area contributed by atoms with Crippen molar-refractivity contribution < 1.29 is 9.59 Å². The van der Waals surface area contributed by atoms with E-state index in [0.717, 1.165) is 13.1 Å². The summed E-state index contributed by atoms with van der Waals surface area (Å²) < 4.78 is 0. The Hall–Kier alpha value is -2.08. The van der Waals surface area contributed by atoms with Crippen molar-refractivity contribution in [2.75, 3.05) is 33.2 Å². The molecular formula is C16H24N4O2. The molecule has 0 unspecified atom stereocenters. The maximum atomic E-state index is 12.0. The van der Waals surface area contributed by atoms with Crippen molar-refractivity contribution in [3.05, 3.63) is 35.9 Å². The molecule has 22 heavy (non-hydrogen) atoms. The number of urea groups is 1. The van der Waals surface area contributed by atoms with Gasteiger partial charge in [-0.05, 0) is 19.0 Å². The highest BCUT2D eigenvalue weighted by molar-refractivity contribution is 5.80. The molecular weight excluding hydrogens is 280 g/mol. The molecule has 0 spiro atoms. The molecule has 3 amide bonds. The largest absolute Gasteiger partial charge is 0.369 e. The predicted molar refractivity (Wildman–Crippen MR) is 85.0 cm³/mol. The first kappa shape index (κ1) is 16.3. The summed E-state index contributed by atoms with van der Waals surface area (Å²) in [6, 6.07) is 10.1. The number of nitrogens with two attached hydrogens (primary N) is 1. The second-order valence-corrected chi connectivity index (χ2v) is 5.79. The highest BCUT2D eigenvalue weighted by Gasteiger charge is 2.29. The molecule has 6 nitrogen and oxygen atoms in total. The summed E-state index contributed by atoms with van der Waals surface area (Å²) in [7, 11) is 2.03. The topological polar surface area (TPSA) is 78.7 Å². The van der Waals surface area contributed by atoms with Crippen molar-refractivity contribution in [2.45, 2.75) is 13.0 Å². The molecule has 0 aliphatic carbocycles. The van der Waals surface area contributed by atoms with Crippen LogP contribution in [0.3, 0.4) is 0 Å². The molecule has 1 aliphatic heterocycles. The van der Waals surface area contributed by atoms with Gasteiger partial charge in [0.25, 0.3) is 0 Å². The van der Waals surface area contributed by atoms with Gasteiger partial charge >= 0.3 is 6.03 Å².